The highest BCUT2D eigenvalue weighted by molar-refractivity contribution is 6.42. The number of amides is 4. The van der Waals surface area contributed by atoms with E-state index in [1.165, 1.54) is 5.01 Å². The van der Waals surface area contributed by atoms with Gasteiger partial charge in [-0.2, -0.15) is 5.01 Å². The van der Waals surface area contributed by atoms with Gasteiger partial charge in [0, 0.05) is 13.1 Å². The molecule has 2 saturated heterocycles. The third-order valence-corrected chi connectivity index (χ3v) is 8.77. The van der Waals surface area contributed by atoms with Crippen LogP contribution in [-0.4, -0.2) is 63.5 Å². The Labute approximate surface area is 265 Å². The van der Waals surface area contributed by atoms with Gasteiger partial charge in [0.25, 0.3) is 5.91 Å². The summed E-state index contributed by atoms with van der Waals surface area (Å²) in [5, 5.41) is 8.84. The summed E-state index contributed by atoms with van der Waals surface area (Å²) in [7, 11) is 0. The van der Waals surface area contributed by atoms with Crippen LogP contribution in [0.25, 0.3) is 10.8 Å². The van der Waals surface area contributed by atoms with Crippen LogP contribution in [0.5, 0.6) is 0 Å². The molecule has 222 valence electrons. The number of halogens is 2. The number of urea groups is 1. The topological polar surface area (TPSA) is 76.2 Å². The quantitative estimate of drug-likeness (QED) is 0.277. The Morgan fingerprint density at radius 2 is 1.70 bits per heavy atom. The van der Waals surface area contributed by atoms with E-state index in [4.69, 9.17) is 29.6 Å². The summed E-state index contributed by atoms with van der Waals surface area (Å²) in [5.41, 5.74) is 2.45. The molecule has 1 N–H and O–H groups in total. The zero-order chi connectivity index (χ0) is 30.8. The summed E-state index contributed by atoms with van der Waals surface area (Å²) in [6.45, 7) is 0.529. The van der Waals surface area contributed by atoms with Gasteiger partial charge >= 0.3 is 6.03 Å². The molecule has 2 aliphatic rings. The first-order valence-electron chi connectivity index (χ1n) is 14.2. The zero-order valence-corrected chi connectivity index (χ0v) is 25.2. The van der Waals surface area contributed by atoms with Crippen LogP contribution in [0.3, 0.4) is 0 Å². The molecule has 4 aromatic carbocycles. The molecular weight excluding hydrogens is 597 g/mol. The molecule has 2 fully saturated rings. The second kappa shape index (κ2) is 12.6. The number of hydrazine groups is 1. The van der Waals surface area contributed by atoms with Crippen LogP contribution in [0.2, 0.25) is 10.0 Å². The molecule has 0 spiro atoms. The minimum absolute atomic E-state index is 0.0713. The Morgan fingerprint density at radius 1 is 0.955 bits per heavy atom. The van der Waals surface area contributed by atoms with Crippen molar-refractivity contribution in [2.24, 2.45) is 0 Å². The molecule has 10 heteroatoms. The van der Waals surface area contributed by atoms with E-state index in [1.54, 1.807) is 33.0 Å². The van der Waals surface area contributed by atoms with Crippen molar-refractivity contribution in [1.29, 1.82) is 0 Å². The molecule has 4 amide bonds. The van der Waals surface area contributed by atoms with E-state index >= 15 is 0 Å². The predicted octanol–water partition coefficient (Wildman–Crippen LogP) is 5.46. The van der Waals surface area contributed by atoms with E-state index in [9.17, 15) is 14.4 Å². The molecule has 0 radical (unpaired) electrons. The number of fused-ring (bicyclic) bond motifs is 2. The molecule has 0 aliphatic carbocycles. The molecule has 0 bridgehead atoms. The van der Waals surface area contributed by atoms with E-state index in [0.29, 0.717) is 22.2 Å². The number of hydrogen-bond acceptors (Lipinski definition) is 4. The number of benzene rings is 4. The van der Waals surface area contributed by atoms with Gasteiger partial charge < -0.3 is 15.1 Å². The van der Waals surface area contributed by atoms with Gasteiger partial charge in [-0.05, 0) is 39.6 Å². The molecule has 0 unspecified atom stereocenters. The average molecular weight is 627 g/mol. The van der Waals surface area contributed by atoms with E-state index in [1.807, 2.05) is 72.8 Å². The number of nitrogens with zero attached hydrogens (tertiary/aromatic N) is 4. The largest absolute Gasteiger partial charge is 0.333 e. The van der Waals surface area contributed by atoms with Crippen molar-refractivity contribution >= 4 is 51.8 Å². The highest BCUT2D eigenvalue weighted by Gasteiger charge is 2.52. The van der Waals surface area contributed by atoms with Gasteiger partial charge in [-0.15, -0.1) is 6.42 Å². The fraction of sp³-hybridized carbons (Fsp3) is 0.206. The maximum Gasteiger partial charge on any atom is 0.333 e. The fourth-order valence-corrected chi connectivity index (χ4v) is 6.28. The normalized spacial score (nSPS) is 18.3. The Morgan fingerprint density at radius 3 is 2.48 bits per heavy atom. The van der Waals surface area contributed by atoms with Crippen molar-refractivity contribution in [1.82, 2.24) is 25.1 Å². The van der Waals surface area contributed by atoms with Crippen molar-refractivity contribution in [3.8, 4) is 12.3 Å². The number of hydrogen-bond donors (Lipinski definition) is 1. The van der Waals surface area contributed by atoms with Crippen LogP contribution in [0, 0.1) is 12.3 Å². The fourth-order valence-electron chi connectivity index (χ4n) is 5.96. The molecule has 6 rings (SSSR count). The molecule has 0 saturated carbocycles. The number of carbonyl (C=O) groups is 3. The minimum Gasteiger partial charge on any atom is -0.333 e. The Kier molecular flexibility index (Phi) is 8.45. The first kappa shape index (κ1) is 29.5. The third-order valence-electron chi connectivity index (χ3n) is 8.03. The van der Waals surface area contributed by atoms with Crippen molar-refractivity contribution < 1.29 is 14.4 Å². The van der Waals surface area contributed by atoms with Crippen LogP contribution in [0.15, 0.2) is 91.0 Å². The van der Waals surface area contributed by atoms with Gasteiger partial charge in [0.15, 0.2) is 0 Å². The molecule has 2 heterocycles. The maximum absolute atomic E-state index is 14.2. The maximum atomic E-state index is 14.2. The van der Waals surface area contributed by atoms with Gasteiger partial charge in [-0.3, -0.25) is 9.59 Å². The summed E-state index contributed by atoms with van der Waals surface area (Å²) < 4.78 is 0. The predicted molar refractivity (Wildman–Crippen MR) is 170 cm³/mol. The first-order valence-corrected chi connectivity index (χ1v) is 14.9. The Bertz CT molecular complexity index is 1770. The smallest absolute Gasteiger partial charge is 0.333 e. The number of carbonyl (C=O) groups excluding carboxylic acids is 3. The second-order valence-electron chi connectivity index (χ2n) is 10.7. The Balaban J connectivity index is 1.32. The van der Waals surface area contributed by atoms with Crippen LogP contribution in [0.1, 0.15) is 22.7 Å². The van der Waals surface area contributed by atoms with Crippen molar-refractivity contribution in [2.45, 2.75) is 25.3 Å². The molecule has 4 aromatic rings. The van der Waals surface area contributed by atoms with E-state index in [0.717, 1.165) is 21.9 Å². The zero-order valence-electron chi connectivity index (χ0n) is 23.7. The number of piperazine rings is 1. The first-order chi connectivity index (χ1) is 21.4. The molecule has 2 aliphatic heterocycles. The van der Waals surface area contributed by atoms with Crippen molar-refractivity contribution in [3.63, 3.8) is 0 Å². The SMILES string of the molecule is C#CCN(C(=O)NCc1ccc(Cl)c(Cl)c1)N1CC(=O)N2[C@@H](c3ccccc3)C(=O)N(Cc3cccc4ccccc34)C[C@@H]21. The lowest BCUT2D eigenvalue weighted by Crippen LogP contribution is -2.62. The molecule has 8 nitrogen and oxygen atoms in total. The molecule has 2 atom stereocenters. The minimum atomic E-state index is -0.852. The summed E-state index contributed by atoms with van der Waals surface area (Å²) in [6.07, 6.45) is 5.09. The van der Waals surface area contributed by atoms with Crippen LogP contribution in [-0.2, 0) is 22.7 Å². The molecular formula is C34H29Cl2N5O3. The monoisotopic (exact) mass is 625 g/mol. The summed E-state index contributed by atoms with van der Waals surface area (Å²) >= 11 is 12.2. The van der Waals surface area contributed by atoms with Crippen molar-refractivity contribution in [3.05, 3.63) is 118 Å². The van der Waals surface area contributed by atoms with E-state index in [2.05, 4.69) is 11.2 Å². The van der Waals surface area contributed by atoms with Crippen molar-refractivity contribution in [2.75, 3.05) is 19.6 Å². The standard InChI is InChI=1S/C34H29Cl2N5O3/c1-2-17-39(34(44)37-19-23-15-16-28(35)29(36)18-23)40-22-31(42)41-30(40)21-38(33(43)32(41)25-10-4-3-5-11-25)20-26-13-8-12-24-9-6-7-14-27(24)26/h1,3-16,18,30,32H,17,19-22H2,(H,37,44)/t30-,32+/m1/s1. The number of rotatable bonds is 7. The van der Waals surface area contributed by atoms with Crippen LogP contribution >= 0.6 is 23.2 Å². The number of nitrogens with one attached hydrogen (secondary N) is 1. The van der Waals surface area contributed by atoms with Gasteiger partial charge in [0.05, 0.1) is 29.7 Å². The Hall–Kier alpha value is -4.55. The second-order valence-corrected chi connectivity index (χ2v) is 11.5. The van der Waals surface area contributed by atoms with Gasteiger partial charge in [-0.1, -0.05) is 108 Å². The van der Waals surface area contributed by atoms with Gasteiger partial charge in [-0.25, -0.2) is 9.80 Å². The van der Waals surface area contributed by atoms with Crippen LogP contribution < -0.4 is 5.32 Å². The van der Waals surface area contributed by atoms with E-state index < -0.39 is 18.2 Å². The average Bonchev–Trinajstić information content (AvgIpc) is 3.36. The highest BCUT2D eigenvalue weighted by Crippen LogP contribution is 2.37. The molecule has 44 heavy (non-hydrogen) atoms. The summed E-state index contributed by atoms with van der Waals surface area (Å²) in [4.78, 5) is 44.7. The lowest BCUT2D eigenvalue weighted by Gasteiger charge is -2.46. The lowest BCUT2D eigenvalue weighted by atomic mass is 9.99. The lowest BCUT2D eigenvalue weighted by molar-refractivity contribution is -0.158. The summed E-state index contributed by atoms with van der Waals surface area (Å²) in [5.74, 6) is 2.11. The molecule has 0 aromatic heterocycles. The number of terminal acetylenes is 1. The third kappa shape index (κ3) is 5.70. The van der Waals surface area contributed by atoms with Gasteiger partial charge in [0.2, 0.25) is 5.91 Å². The van der Waals surface area contributed by atoms with Gasteiger partial charge in [0.1, 0.15) is 12.2 Å². The van der Waals surface area contributed by atoms with E-state index in [-0.39, 0.29) is 38.0 Å². The highest BCUT2D eigenvalue weighted by atomic mass is 35.5. The summed E-state index contributed by atoms with van der Waals surface area (Å²) in [6, 6.07) is 27.1. The van der Waals surface area contributed by atoms with Crippen LogP contribution in [0.4, 0.5) is 4.79 Å².